The van der Waals surface area contributed by atoms with E-state index in [9.17, 15) is 4.79 Å². The van der Waals surface area contributed by atoms with E-state index in [0.29, 0.717) is 18.1 Å². The largest absolute Gasteiger partial charge is 0.382 e. The lowest BCUT2D eigenvalue weighted by molar-refractivity contribution is 0.0738. The van der Waals surface area contributed by atoms with Crippen LogP contribution in [0.15, 0.2) is 6.07 Å². The minimum Gasteiger partial charge on any atom is -0.382 e. The van der Waals surface area contributed by atoms with Gasteiger partial charge < -0.3 is 10.6 Å². The van der Waals surface area contributed by atoms with Crippen LogP contribution in [0.5, 0.6) is 0 Å². The van der Waals surface area contributed by atoms with E-state index in [0.717, 1.165) is 38.8 Å². The molecule has 0 aromatic carbocycles. The van der Waals surface area contributed by atoms with Gasteiger partial charge in [0.1, 0.15) is 11.5 Å². The van der Waals surface area contributed by atoms with E-state index in [-0.39, 0.29) is 5.91 Å². The molecule has 0 saturated carbocycles. The molecule has 1 amide bonds. The molecular weight excluding hydrogens is 240 g/mol. The van der Waals surface area contributed by atoms with Crippen LogP contribution in [0.2, 0.25) is 0 Å². The van der Waals surface area contributed by atoms with Crippen molar-refractivity contribution in [2.24, 2.45) is 0 Å². The molecule has 1 heterocycles. The number of hydrogen-bond donors (Lipinski definition) is 1. The number of nitrogen functional groups attached to an aromatic ring is 1. The minimum absolute atomic E-state index is 0.0490. The van der Waals surface area contributed by atoms with Gasteiger partial charge in [-0.25, -0.2) is 0 Å². The topological polar surface area (TPSA) is 64.2 Å². The summed E-state index contributed by atoms with van der Waals surface area (Å²) in [5, 5.41) is 4.14. The van der Waals surface area contributed by atoms with Crippen LogP contribution in [0.1, 0.15) is 56.9 Å². The molecular formula is C14H26N4O. The Morgan fingerprint density at radius 3 is 2.32 bits per heavy atom. The molecule has 2 N–H and O–H groups in total. The highest BCUT2D eigenvalue weighted by Gasteiger charge is 2.19. The third-order valence-electron chi connectivity index (χ3n) is 3.17. The highest BCUT2D eigenvalue weighted by Crippen LogP contribution is 2.11. The van der Waals surface area contributed by atoms with Crippen LogP contribution in [0.3, 0.4) is 0 Å². The fourth-order valence-corrected chi connectivity index (χ4v) is 2.02. The second-order valence-electron chi connectivity index (χ2n) is 4.77. The van der Waals surface area contributed by atoms with Crippen molar-refractivity contribution in [1.82, 2.24) is 14.7 Å². The SMILES string of the molecule is CCCCN(CCCC)C(=O)c1cc(N)nn1CC. The standard InChI is InChI=1S/C14H26N4O/c1-4-7-9-17(10-8-5-2)14(19)12-11-13(15)16-18(12)6-3/h11H,4-10H2,1-3H3,(H2,15,16). The fraction of sp³-hybridized carbons (Fsp3) is 0.714. The summed E-state index contributed by atoms with van der Waals surface area (Å²) in [5.41, 5.74) is 6.29. The summed E-state index contributed by atoms with van der Waals surface area (Å²) in [6, 6.07) is 1.68. The predicted octanol–water partition coefficient (Wildman–Crippen LogP) is 2.53. The van der Waals surface area contributed by atoms with Crippen molar-refractivity contribution >= 4 is 11.7 Å². The number of aryl methyl sites for hydroxylation is 1. The van der Waals surface area contributed by atoms with E-state index in [4.69, 9.17) is 5.73 Å². The maximum atomic E-state index is 12.6. The number of carbonyl (C=O) groups excluding carboxylic acids is 1. The van der Waals surface area contributed by atoms with Crippen molar-refractivity contribution in [2.75, 3.05) is 18.8 Å². The molecule has 0 aliphatic rings. The Morgan fingerprint density at radius 2 is 1.84 bits per heavy atom. The first-order valence-electron chi connectivity index (χ1n) is 7.26. The van der Waals surface area contributed by atoms with Crippen LogP contribution in [-0.2, 0) is 6.54 Å². The van der Waals surface area contributed by atoms with Crippen LogP contribution in [0.4, 0.5) is 5.82 Å². The Balaban J connectivity index is 2.83. The summed E-state index contributed by atoms with van der Waals surface area (Å²) >= 11 is 0. The summed E-state index contributed by atoms with van der Waals surface area (Å²) in [7, 11) is 0. The molecule has 19 heavy (non-hydrogen) atoms. The number of rotatable bonds is 8. The number of unbranched alkanes of at least 4 members (excludes halogenated alkanes) is 2. The molecule has 0 radical (unpaired) electrons. The van der Waals surface area contributed by atoms with Crippen molar-refractivity contribution in [2.45, 2.75) is 53.0 Å². The minimum atomic E-state index is 0.0490. The van der Waals surface area contributed by atoms with Gasteiger partial charge in [-0.1, -0.05) is 26.7 Å². The monoisotopic (exact) mass is 266 g/mol. The first kappa shape index (κ1) is 15.5. The number of nitrogens with two attached hydrogens (primary N) is 1. The van der Waals surface area contributed by atoms with Crippen LogP contribution in [0.25, 0.3) is 0 Å². The van der Waals surface area contributed by atoms with Gasteiger partial charge in [-0.15, -0.1) is 0 Å². The molecule has 0 bridgehead atoms. The zero-order chi connectivity index (χ0) is 14.3. The number of hydrogen-bond acceptors (Lipinski definition) is 3. The lowest BCUT2D eigenvalue weighted by Crippen LogP contribution is -2.34. The van der Waals surface area contributed by atoms with Crippen LogP contribution in [0, 0.1) is 0 Å². The van der Waals surface area contributed by atoms with Gasteiger partial charge >= 0.3 is 0 Å². The zero-order valence-corrected chi connectivity index (χ0v) is 12.4. The van der Waals surface area contributed by atoms with Crippen LogP contribution >= 0.6 is 0 Å². The molecule has 5 heteroatoms. The van der Waals surface area contributed by atoms with Crippen molar-refractivity contribution in [3.63, 3.8) is 0 Å². The van der Waals surface area contributed by atoms with E-state index in [1.54, 1.807) is 10.7 Å². The average Bonchev–Trinajstić information content (AvgIpc) is 2.79. The summed E-state index contributed by atoms with van der Waals surface area (Å²) in [6.07, 6.45) is 4.24. The van der Waals surface area contributed by atoms with Crippen molar-refractivity contribution in [3.8, 4) is 0 Å². The van der Waals surface area contributed by atoms with E-state index in [1.165, 1.54) is 0 Å². The number of amides is 1. The maximum Gasteiger partial charge on any atom is 0.272 e. The van der Waals surface area contributed by atoms with Crippen LogP contribution < -0.4 is 5.73 Å². The lowest BCUT2D eigenvalue weighted by atomic mass is 10.2. The van der Waals surface area contributed by atoms with Crippen LogP contribution in [-0.4, -0.2) is 33.7 Å². The molecule has 0 aliphatic carbocycles. The fourth-order valence-electron chi connectivity index (χ4n) is 2.02. The number of anilines is 1. The maximum absolute atomic E-state index is 12.6. The van der Waals surface area contributed by atoms with Gasteiger partial charge in [0, 0.05) is 25.7 Å². The highest BCUT2D eigenvalue weighted by molar-refractivity contribution is 5.93. The lowest BCUT2D eigenvalue weighted by Gasteiger charge is -2.22. The van der Waals surface area contributed by atoms with Gasteiger partial charge in [0.25, 0.3) is 5.91 Å². The van der Waals surface area contributed by atoms with Gasteiger partial charge in [0.2, 0.25) is 0 Å². The van der Waals surface area contributed by atoms with E-state index < -0.39 is 0 Å². The molecule has 0 unspecified atom stereocenters. The average molecular weight is 266 g/mol. The van der Waals surface area contributed by atoms with Gasteiger partial charge in [-0.05, 0) is 19.8 Å². The highest BCUT2D eigenvalue weighted by atomic mass is 16.2. The number of nitrogens with zero attached hydrogens (tertiary/aromatic N) is 3. The Kier molecular flexibility index (Phi) is 6.39. The zero-order valence-electron chi connectivity index (χ0n) is 12.4. The van der Waals surface area contributed by atoms with Gasteiger partial charge in [0.15, 0.2) is 0 Å². The second-order valence-corrected chi connectivity index (χ2v) is 4.77. The van der Waals surface area contributed by atoms with Crippen molar-refractivity contribution in [3.05, 3.63) is 11.8 Å². The summed E-state index contributed by atoms with van der Waals surface area (Å²) in [5.74, 6) is 0.462. The molecule has 0 spiro atoms. The molecule has 0 atom stereocenters. The van der Waals surface area contributed by atoms with Gasteiger partial charge in [-0.2, -0.15) is 5.10 Å². The first-order valence-corrected chi connectivity index (χ1v) is 7.26. The molecule has 108 valence electrons. The quantitative estimate of drug-likeness (QED) is 0.786. The Morgan fingerprint density at radius 1 is 1.26 bits per heavy atom. The molecule has 1 aromatic rings. The Bertz CT molecular complexity index is 392. The van der Waals surface area contributed by atoms with E-state index >= 15 is 0 Å². The molecule has 0 fully saturated rings. The number of carbonyl (C=O) groups is 1. The number of aromatic nitrogens is 2. The predicted molar refractivity (Wildman–Crippen MR) is 78.0 cm³/mol. The molecule has 0 aliphatic heterocycles. The summed E-state index contributed by atoms with van der Waals surface area (Å²) in [4.78, 5) is 14.5. The van der Waals surface area contributed by atoms with E-state index in [1.807, 2.05) is 11.8 Å². The Hall–Kier alpha value is -1.52. The molecule has 0 saturated heterocycles. The third kappa shape index (κ3) is 4.26. The summed E-state index contributed by atoms with van der Waals surface area (Å²) < 4.78 is 1.68. The van der Waals surface area contributed by atoms with Crippen molar-refractivity contribution in [1.29, 1.82) is 0 Å². The normalized spacial score (nSPS) is 10.7. The first-order chi connectivity index (χ1) is 9.13. The molecule has 5 nitrogen and oxygen atoms in total. The molecule has 1 aromatic heterocycles. The van der Waals surface area contributed by atoms with Crippen molar-refractivity contribution < 1.29 is 4.79 Å². The molecule has 1 rings (SSSR count). The van der Waals surface area contributed by atoms with Gasteiger partial charge in [-0.3, -0.25) is 9.48 Å². The van der Waals surface area contributed by atoms with E-state index in [2.05, 4.69) is 18.9 Å². The smallest absolute Gasteiger partial charge is 0.272 e. The van der Waals surface area contributed by atoms with Gasteiger partial charge in [0.05, 0.1) is 0 Å². The third-order valence-corrected chi connectivity index (χ3v) is 3.17. The summed E-state index contributed by atoms with van der Waals surface area (Å²) in [6.45, 7) is 8.51. The second kappa shape index (κ2) is 7.81. The Labute approximate surface area is 115 Å².